The molecule has 2 aliphatic heterocycles. The lowest BCUT2D eigenvalue weighted by Gasteiger charge is -2.16. The summed E-state index contributed by atoms with van der Waals surface area (Å²) >= 11 is 0. The van der Waals surface area contributed by atoms with Crippen LogP contribution in [0.25, 0.3) is 0 Å². The average Bonchev–Trinajstić information content (AvgIpc) is 3.10. The van der Waals surface area contributed by atoms with Gasteiger partial charge in [-0.15, -0.1) is 0 Å². The van der Waals surface area contributed by atoms with E-state index in [4.69, 9.17) is 0 Å². The molecule has 2 aliphatic rings. The van der Waals surface area contributed by atoms with Gasteiger partial charge < -0.3 is 20.9 Å². The fourth-order valence-electron chi connectivity index (χ4n) is 3.81. The number of anilines is 1. The van der Waals surface area contributed by atoms with Crippen molar-refractivity contribution in [2.24, 2.45) is 0 Å². The number of hydrogen-bond acceptors (Lipinski definition) is 5. The summed E-state index contributed by atoms with van der Waals surface area (Å²) in [4.78, 5) is 36.9. The van der Waals surface area contributed by atoms with E-state index in [-0.39, 0.29) is 42.1 Å². The van der Waals surface area contributed by atoms with Gasteiger partial charge in [-0.2, -0.15) is 0 Å². The zero-order valence-electron chi connectivity index (χ0n) is 16.5. The Bertz CT molecular complexity index is 898. The first-order valence-electron chi connectivity index (χ1n) is 9.57. The van der Waals surface area contributed by atoms with E-state index in [0.29, 0.717) is 30.5 Å². The van der Waals surface area contributed by atoms with Crippen LogP contribution in [0, 0.1) is 0 Å². The maximum Gasteiger partial charge on any atom is 0.315 e. The quantitative estimate of drug-likeness (QED) is 0.441. The molecule has 10 heteroatoms. The second-order valence-corrected chi connectivity index (χ2v) is 9.95. The lowest BCUT2D eigenvalue weighted by Crippen LogP contribution is -2.39. The fourth-order valence-corrected chi connectivity index (χ4v) is 6.08. The van der Waals surface area contributed by atoms with Gasteiger partial charge in [0, 0.05) is 31.8 Å². The van der Waals surface area contributed by atoms with E-state index in [9.17, 15) is 22.8 Å². The van der Waals surface area contributed by atoms with Crippen LogP contribution in [-0.4, -0.2) is 68.3 Å². The van der Waals surface area contributed by atoms with Crippen LogP contribution in [0.1, 0.15) is 36.0 Å². The van der Waals surface area contributed by atoms with Crippen molar-refractivity contribution < 1.29 is 22.8 Å². The van der Waals surface area contributed by atoms with Crippen molar-refractivity contribution in [3.63, 3.8) is 0 Å². The van der Waals surface area contributed by atoms with Crippen LogP contribution in [0.3, 0.4) is 0 Å². The van der Waals surface area contributed by atoms with Gasteiger partial charge in [0.2, 0.25) is 5.91 Å². The number of carbonyl (C=O) groups excluding carboxylic acids is 3. The van der Waals surface area contributed by atoms with Gasteiger partial charge in [0.25, 0.3) is 5.91 Å². The highest BCUT2D eigenvalue weighted by atomic mass is 32.2. The molecule has 2 fully saturated rings. The van der Waals surface area contributed by atoms with Gasteiger partial charge in [-0.3, -0.25) is 9.59 Å². The third-order valence-electron chi connectivity index (χ3n) is 5.29. The van der Waals surface area contributed by atoms with E-state index >= 15 is 0 Å². The van der Waals surface area contributed by atoms with Crippen LogP contribution in [0.4, 0.5) is 10.5 Å². The average molecular weight is 423 g/mol. The number of nitrogens with one attached hydrogen (secondary N) is 3. The van der Waals surface area contributed by atoms with E-state index in [1.165, 1.54) is 4.90 Å². The Morgan fingerprint density at radius 3 is 2.48 bits per heavy atom. The highest BCUT2D eigenvalue weighted by Gasteiger charge is 2.51. The van der Waals surface area contributed by atoms with Crippen molar-refractivity contribution in [1.82, 2.24) is 15.5 Å². The van der Waals surface area contributed by atoms with Gasteiger partial charge in [0.05, 0.1) is 23.1 Å². The summed E-state index contributed by atoms with van der Waals surface area (Å²) in [5.41, 5.74) is 1.14. The lowest BCUT2D eigenvalue weighted by atomic mass is 10.0. The van der Waals surface area contributed by atoms with E-state index < -0.39 is 15.1 Å². The van der Waals surface area contributed by atoms with E-state index in [1.54, 1.807) is 38.4 Å². The molecular formula is C19H26N4O5S. The summed E-state index contributed by atoms with van der Waals surface area (Å²) in [5, 5.41) is 7.50. The normalized spacial score (nSPS) is 24.3. The standard InChI is InChI=1S/C19H26N4O5S/c1-23(2)18(25)12-7-9-13(10-8-12)20-16(24)6-4-3-5-15-17-14(11-29(15,27)28)21-19(26)22-17/h7-10,14-15,17H,3-6,11H2,1-2H3,(H,20,24)(H2,21,22,26)/t14-,15-,17+/m1/s1. The summed E-state index contributed by atoms with van der Waals surface area (Å²) in [6, 6.07) is 5.60. The SMILES string of the molecule is CN(C)C(=O)c1ccc(NC(=O)CCCC[C@@H]2[C@H]3NC(=O)N[C@@H]3CS2(=O)=O)cc1. The number of unbranched alkanes of at least 4 members (excludes halogenated alkanes) is 1. The lowest BCUT2D eigenvalue weighted by molar-refractivity contribution is -0.116. The first-order chi connectivity index (χ1) is 13.7. The summed E-state index contributed by atoms with van der Waals surface area (Å²) < 4.78 is 24.5. The Labute approximate surface area is 170 Å². The van der Waals surface area contributed by atoms with Gasteiger partial charge in [-0.1, -0.05) is 6.42 Å². The third-order valence-corrected chi connectivity index (χ3v) is 7.56. The third kappa shape index (κ3) is 4.87. The van der Waals surface area contributed by atoms with Crippen molar-refractivity contribution >= 4 is 33.4 Å². The van der Waals surface area contributed by atoms with Crippen LogP contribution in [-0.2, 0) is 14.6 Å². The molecule has 2 saturated heterocycles. The van der Waals surface area contributed by atoms with Crippen LogP contribution < -0.4 is 16.0 Å². The van der Waals surface area contributed by atoms with Gasteiger partial charge in [0.15, 0.2) is 9.84 Å². The maximum absolute atomic E-state index is 12.3. The predicted molar refractivity (Wildman–Crippen MR) is 108 cm³/mol. The molecule has 4 amide bonds. The van der Waals surface area contributed by atoms with Crippen molar-refractivity contribution in [2.45, 2.75) is 43.0 Å². The van der Waals surface area contributed by atoms with Crippen LogP contribution >= 0.6 is 0 Å². The van der Waals surface area contributed by atoms with E-state index in [2.05, 4.69) is 16.0 Å². The van der Waals surface area contributed by atoms with E-state index in [1.807, 2.05) is 0 Å². The van der Waals surface area contributed by atoms with Gasteiger partial charge in [-0.25, -0.2) is 13.2 Å². The fraction of sp³-hybridized carbons (Fsp3) is 0.526. The number of nitrogens with zero attached hydrogens (tertiary/aromatic N) is 1. The first-order valence-corrected chi connectivity index (χ1v) is 11.3. The Hall–Kier alpha value is -2.62. The molecule has 3 N–H and O–H groups in total. The number of urea groups is 1. The van der Waals surface area contributed by atoms with Crippen molar-refractivity contribution in [1.29, 1.82) is 0 Å². The molecule has 0 radical (unpaired) electrons. The Balaban J connectivity index is 1.43. The van der Waals surface area contributed by atoms with E-state index in [0.717, 1.165) is 0 Å². The Morgan fingerprint density at radius 2 is 1.83 bits per heavy atom. The molecule has 9 nitrogen and oxygen atoms in total. The molecule has 0 aromatic heterocycles. The largest absolute Gasteiger partial charge is 0.345 e. The zero-order chi connectivity index (χ0) is 21.2. The minimum absolute atomic E-state index is 0.0338. The van der Waals surface area contributed by atoms with Gasteiger partial charge in [0.1, 0.15) is 0 Å². The summed E-state index contributed by atoms with van der Waals surface area (Å²) in [7, 11) is 0.100. The molecule has 0 saturated carbocycles. The predicted octanol–water partition coefficient (Wildman–Crippen LogP) is 0.734. The minimum atomic E-state index is -3.25. The number of fused-ring (bicyclic) bond motifs is 1. The van der Waals surface area contributed by atoms with Crippen molar-refractivity contribution in [3.8, 4) is 0 Å². The summed E-state index contributed by atoms with van der Waals surface area (Å²) in [6.07, 6.45) is 1.81. The second kappa shape index (κ2) is 8.40. The molecular weight excluding hydrogens is 396 g/mol. The molecule has 29 heavy (non-hydrogen) atoms. The summed E-state index contributed by atoms with van der Waals surface area (Å²) in [5.74, 6) is -0.311. The number of amides is 4. The zero-order valence-corrected chi connectivity index (χ0v) is 17.3. The van der Waals surface area contributed by atoms with Crippen molar-refractivity contribution in [3.05, 3.63) is 29.8 Å². The monoisotopic (exact) mass is 422 g/mol. The summed E-state index contributed by atoms with van der Waals surface area (Å²) in [6.45, 7) is 0. The molecule has 3 atom stereocenters. The molecule has 0 unspecified atom stereocenters. The molecule has 1 aromatic rings. The number of hydrogen-bond donors (Lipinski definition) is 3. The highest BCUT2D eigenvalue weighted by Crippen LogP contribution is 2.28. The maximum atomic E-state index is 12.3. The molecule has 0 bridgehead atoms. The van der Waals surface area contributed by atoms with Gasteiger partial charge in [-0.05, 0) is 37.1 Å². The Morgan fingerprint density at radius 1 is 1.14 bits per heavy atom. The smallest absolute Gasteiger partial charge is 0.315 e. The second-order valence-electron chi connectivity index (χ2n) is 7.69. The van der Waals surface area contributed by atoms with Gasteiger partial charge >= 0.3 is 6.03 Å². The molecule has 0 spiro atoms. The highest BCUT2D eigenvalue weighted by molar-refractivity contribution is 7.92. The topological polar surface area (TPSA) is 125 Å². The molecule has 3 rings (SSSR count). The Kier molecular flexibility index (Phi) is 6.11. The molecule has 2 heterocycles. The molecule has 0 aliphatic carbocycles. The minimum Gasteiger partial charge on any atom is -0.345 e. The van der Waals surface area contributed by atoms with Crippen molar-refractivity contribution in [2.75, 3.05) is 25.2 Å². The number of benzene rings is 1. The number of sulfone groups is 1. The van der Waals surface area contributed by atoms with Crippen LogP contribution in [0.15, 0.2) is 24.3 Å². The molecule has 158 valence electrons. The number of rotatable bonds is 7. The number of carbonyl (C=O) groups is 3. The molecule has 1 aromatic carbocycles. The first kappa shape index (κ1) is 21.1. The van der Waals surface area contributed by atoms with Crippen LogP contribution in [0.2, 0.25) is 0 Å². The van der Waals surface area contributed by atoms with Crippen LogP contribution in [0.5, 0.6) is 0 Å².